The molecule has 0 saturated carbocycles. The minimum Gasteiger partial charge on any atom is -0.490 e. The lowest BCUT2D eigenvalue weighted by atomic mass is 10.00. The Morgan fingerprint density at radius 2 is 2.39 bits per heavy atom. The quantitative estimate of drug-likeness (QED) is 0.840. The molecule has 98 valence electrons. The number of aliphatic hydroxyl groups excluding tert-OH is 1. The van der Waals surface area contributed by atoms with Crippen LogP contribution in [-0.2, 0) is 4.79 Å². The van der Waals surface area contributed by atoms with E-state index in [1.807, 2.05) is 0 Å². The van der Waals surface area contributed by atoms with Gasteiger partial charge in [0.1, 0.15) is 6.10 Å². The lowest BCUT2D eigenvalue weighted by Crippen LogP contribution is -2.39. The van der Waals surface area contributed by atoms with Crippen molar-refractivity contribution in [3.63, 3.8) is 0 Å². The van der Waals surface area contributed by atoms with Crippen LogP contribution in [0.4, 0.5) is 4.39 Å². The third kappa shape index (κ3) is 2.46. The van der Waals surface area contributed by atoms with Crippen molar-refractivity contribution in [2.45, 2.75) is 31.9 Å². The van der Waals surface area contributed by atoms with Gasteiger partial charge in [0.2, 0.25) is 5.91 Å². The Hall–Kier alpha value is -1.62. The van der Waals surface area contributed by atoms with Crippen molar-refractivity contribution in [2.75, 3.05) is 6.61 Å². The van der Waals surface area contributed by atoms with E-state index < -0.39 is 18.0 Å². The Morgan fingerprint density at radius 1 is 1.61 bits per heavy atom. The minimum absolute atomic E-state index is 0.0817. The molecule has 2 rings (SSSR count). The van der Waals surface area contributed by atoms with E-state index in [2.05, 4.69) is 5.32 Å². The summed E-state index contributed by atoms with van der Waals surface area (Å²) in [4.78, 5) is 11.4. The van der Waals surface area contributed by atoms with Gasteiger partial charge < -0.3 is 15.2 Å². The number of halogens is 1. The number of carbonyl (C=O) groups excluding carboxylic acids is 1. The molecule has 1 amide bonds. The second-order valence-electron chi connectivity index (χ2n) is 4.27. The van der Waals surface area contributed by atoms with E-state index in [9.17, 15) is 14.3 Å². The molecule has 18 heavy (non-hydrogen) atoms. The molecular formula is C13H16FNO3. The Labute approximate surface area is 105 Å². The number of para-hydroxylation sites is 1. The number of carbonyl (C=O) groups is 1. The number of hydrogen-bond acceptors (Lipinski definition) is 3. The maximum absolute atomic E-state index is 13.6. The van der Waals surface area contributed by atoms with E-state index in [0.717, 1.165) is 0 Å². The van der Waals surface area contributed by atoms with Crippen LogP contribution in [0.5, 0.6) is 5.75 Å². The fraction of sp³-hybridized carbons (Fsp3) is 0.462. The number of benzene rings is 1. The average Bonchev–Trinajstić information content (AvgIpc) is 2.52. The lowest BCUT2D eigenvalue weighted by Gasteiger charge is -2.21. The average molecular weight is 253 g/mol. The van der Waals surface area contributed by atoms with E-state index in [4.69, 9.17) is 4.74 Å². The second-order valence-corrected chi connectivity index (χ2v) is 4.27. The Morgan fingerprint density at radius 3 is 3.11 bits per heavy atom. The standard InChI is InChI=1S/C13H16FNO3/c1-2-11(16)15-10-6-7-18-13-8(12(10)17)4-3-5-9(13)14/h3-5,10,12,17H,2,6-7H2,1H3,(H,15,16). The van der Waals surface area contributed by atoms with Crippen molar-refractivity contribution < 1.29 is 19.0 Å². The zero-order valence-electron chi connectivity index (χ0n) is 10.1. The number of rotatable bonds is 2. The summed E-state index contributed by atoms with van der Waals surface area (Å²) in [7, 11) is 0. The summed E-state index contributed by atoms with van der Waals surface area (Å²) in [5.41, 5.74) is 0.383. The fourth-order valence-corrected chi connectivity index (χ4v) is 2.03. The van der Waals surface area contributed by atoms with Crippen LogP contribution in [0.15, 0.2) is 18.2 Å². The maximum atomic E-state index is 13.6. The summed E-state index contributed by atoms with van der Waals surface area (Å²) in [6.45, 7) is 2.00. The molecule has 1 aromatic carbocycles. The lowest BCUT2D eigenvalue weighted by molar-refractivity contribution is -0.122. The van der Waals surface area contributed by atoms with Crippen LogP contribution < -0.4 is 10.1 Å². The number of ether oxygens (including phenoxy) is 1. The van der Waals surface area contributed by atoms with Crippen molar-refractivity contribution in [1.82, 2.24) is 5.32 Å². The molecule has 1 aliphatic heterocycles. The first kappa shape index (κ1) is 12.8. The van der Waals surface area contributed by atoms with E-state index in [0.29, 0.717) is 18.4 Å². The van der Waals surface area contributed by atoms with Crippen LogP contribution in [0.25, 0.3) is 0 Å². The van der Waals surface area contributed by atoms with Gasteiger partial charge in [-0.05, 0) is 6.07 Å². The molecule has 2 atom stereocenters. The summed E-state index contributed by atoms with van der Waals surface area (Å²) >= 11 is 0. The van der Waals surface area contributed by atoms with Gasteiger partial charge in [0.15, 0.2) is 11.6 Å². The molecule has 5 heteroatoms. The van der Waals surface area contributed by atoms with Crippen molar-refractivity contribution in [1.29, 1.82) is 0 Å². The van der Waals surface area contributed by atoms with Gasteiger partial charge in [-0.15, -0.1) is 0 Å². The number of nitrogens with one attached hydrogen (secondary N) is 1. The molecule has 1 aromatic rings. The van der Waals surface area contributed by atoms with Crippen LogP contribution in [0.1, 0.15) is 31.4 Å². The molecule has 2 unspecified atom stereocenters. The minimum atomic E-state index is -0.950. The number of aliphatic hydroxyl groups is 1. The topological polar surface area (TPSA) is 58.6 Å². The molecule has 0 radical (unpaired) electrons. The molecule has 0 aromatic heterocycles. The third-order valence-electron chi connectivity index (χ3n) is 3.04. The van der Waals surface area contributed by atoms with E-state index in [1.165, 1.54) is 12.1 Å². The molecule has 0 aliphatic carbocycles. The zero-order chi connectivity index (χ0) is 13.1. The van der Waals surface area contributed by atoms with E-state index in [1.54, 1.807) is 13.0 Å². The monoisotopic (exact) mass is 253 g/mol. The van der Waals surface area contributed by atoms with Gasteiger partial charge in [0.25, 0.3) is 0 Å². The normalized spacial score (nSPS) is 22.6. The molecule has 1 heterocycles. The van der Waals surface area contributed by atoms with E-state index >= 15 is 0 Å². The van der Waals surface area contributed by atoms with Crippen molar-refractivity contribution in [2.24, 2.45) is 0 Å². The van der Waals surface area contributed by atoms with Crippen molar-refractivity contribution in [3.8, 4) is 5.75 Å². The van der Waals surface area contributed by atoms with E-state index in [-0.39, 0.29) is 18.3 Å². The maximum Gasteiger partial charge on any atom is 0.220 e. The molecule has 0 spiro atoms. The molecule has 1 aliphatic rings. The largest absolute Gasteiger partial charge is 0.490 e. The summed E-state index contributed by atoms with van der Waals surface area (Å²) in [5, 5.41) is 12.9. The first-order chi connectivity index (χ1) is 8.63. The van der Waals surface area contributed by atoms with Gasteiger partial charge in [0, 0.05) is 18.4 Å². The van der Waals surface area contributed by atoms with Crippen LogP contribution in [0, 0.1) is 5.82 Å². The fourth-order valence-electron chi connectivity index (χ4n) is 2.03. The van der Waals surface area contributed by atoms with Gasteiger partial charge in [-0.25, -0.2) is 4.39 Å². The van der Waals surface area contributed by atoms with Crippen molar-refractivity contribution in [3.05, 3.63) is 29.6 Å². The molecule has 0 fully saturated rings. The van der Waals surface area contributed by atoms with Gasteiger partial charge >= 0.3 is 0 Å². The SMILES string of the molecule is CCC(=O)NC1CCOc2c(F)cccc2C1O. The first-order valence-corrected chi connectivity index (χ1v) is 6.02. The van der Waals surface area contributed by atoms with Crippen LogP contribution in [-0.4, -0.2) is 23.7 Å². The highest BCUT2D eigenvalue weighted by Crippen LogP contribution is 2.33. The number of hydrogen-bond donors (Lipinski definition) is 2. The Kier molecular flexibility index (Phi) is 3.81. The van der Waals surface area contributed by atoms with Gasteiger partial charge in [-0.1, -0.05) is 19.1 Å². The summed E-state index contributed by atoms with van der Waals surface area (Å²) < 4.78 is 18.9. The first-order valence-electron chi connectivity index (χ1n) is 6.02. The molecule has 0 bridgehead atoms. The highest BCUT2D eigenvalue weighted by atomic mass is 19.1. The summed E-state index contributed by atoms with van der Waals surface area (Å²) in [5.74, 6) is -0.550. The Bertz CT molecular complexity index is 450. The highest BCUT2D eigenvalue weighted by Gasteiger charge is 2.29. The Balaban J connectivity index is 2.26. The summed E-state index contributed by atoms with van der Waals surface area (Å²) in [6.07, 6.45) is -0.158. The highest BCUT2D eigenvalue weighted by molar-refractivity contribution is 5.76. The number of fused-ring (bicyclic) bond motifs is 1. The van der Waals surface area contributed by atoms with Gasteiger partial charge in [-0.2, -0.15) is 0 Å². The predicted molar refractivity (Wildman–Crippen MR) is 63.7 cm³/mol. The second kappa shape index (κ2) is 5.35. The van der Waals surface area contributed by atoms with Crippen LogP contribution in [0.3, 0.4) is 0 Å². The summed E-state index contributed by atoms with van der Waals surface area (Å²) in [6, 6.07) is 3.97. The van der Waals surface area contributed by atoms with Crippen molar-refractivity contribution >= 4 is 5.91 Å². The third-order valence-corrected chi connectivity index (χ3v) is 3.04. The molecule has 4 nitrogen and oxygen atoms in total. The number of amides is 1. The van der Waals surface area contributed by atoms with Gasteiger partial charge in [0.05, 0.1) is 12.6 Å². The smallest absolute Gasteiger partial charge is 0.220 e. The van der Waals surface area contributed by atoms with Gasteiger partial charge in [-0.3, -0.25) is 4.79 Å². The zero-order valence-corrected chi connectivity index (χ0v) is 10.1. The van der Waals surface area contributed by atoms with Crippen LogP contribution in [0.2, 0.25) is 0 Å². The van der Waals surface area contributed by atoms with Crippen LogP contribution >= 0.6 is 0 Å². The molecule has 0 saturated heterocycles. The predicted octanol–water partition coefficient (Wildman–Crippen LogP) is 1.54. The molecular weight excluding hydrogens is 237 g/mol. The molecule has 2 N–H and O–H groups in total.